The molecule has 4 heteroatoms. The molecule has 0 saturated heterocycles. The quantitative estimate of drug-likeness (QED) is 0.914. The van der Waals surface area contributed by atoms with Crippen LogP contribution in [0.1, 0.15) is 31.6 Å². The van der Waals surface area contributed by atoms with Gasteiger partial charge in [0.1, 0.15) is 5.76 Å². The standard InChI is InChI=1S/C16H19NO3/c1-2-13(14-5-3-8-18-14)17-12-6-7-15-16(11-12)20-10-4-9-19-15/h3,5-8,11,13,17H,2,4,9-10H2,1H3. The monoisotopic (exact) mass is 273 g/mol. The zero-order chi connectivity index (χ0) is 13.8. The van der Waals surface area contributed by atoms with Gasteiger partial charge in [-0.2, -0.15) is 0 Å². The molecule has 1 aromatic carbocycles. The Morgan fingerprint density at radius 3 is 2.75 bits per heavy atom. The summed E-state index contributed by atoms with van der Waals surface area (Å²) in [6.07, 6.45) is 3.57. The highest BCUT2D eigenvalue weighted by atomic mass is 16.5. The van der Waals surface area contributed by atoms with Gasteiger partial charge in [0.2, 0.25) is 0 Å². The second-order valence-corrected chi connectivity index (χ2v) is 4.83. The molecule has 0 saturated carbocycles. The predicted octanol–water partition coefficient (Wildman–Crippen LogP) is 4.00. The summed E-state index contributed by atoms with van der Waals surface area (Å²) in [4.78, 5) is 0. The number of nitrogens with one attached hydrogen (secondary N) is 1. The number of furan rings is 1. The van der Waals surface area contributed by atoms with Crippen molar-refractivity contribution < 1.29 is 13.9 Å². The van der Waals surface area contributed by atoms with E-state index in [2.05, 4.69) is 12.2 Å². The van der Waals surface area contributed by atoms with Crippen LogP contribution in [0.4, 0.5) is 5.69 Å². The lowest BCUT2D eigenvalue weighted by molar-refractivity contribution is 0.297. The molecule has 2 aromatic rings. The highest BCUT2D eigenvalue weighted by Gasteiger charge is 2.14. The molecule has 1 N–H and O–H groups in total. The zero-order valence-corrected chi connectivity index (χ0v) is 11.6. The van der Waals surface area contributed by atoms with E-state index >= 15 is 0 Å². The van der Waals surface area contributed by atoms with Gasteiger partial charge in [-0.25, -0.2) is 0 Å². The first kappa shape index (κ1) is 12.9. The molecular formula is C16H19NO3. The molecule has 0 bridgehead atoms. The van der Waals surface area contributed by atoms with Crippen LogP contribution in [0.15, 0.2) is 41.0 Å². The largest absolute Gasteiger partial charge is 0.490 e. The molecule has 0 fully saturated rings. The molecule has 1 aliphatic heterocycles. The molecule has 20 heavy (non-hydrogen) atoms. The molecule has 1 aliphatic rings. The number of ether oxygens (including phenoxy) is 2. The van der Waals surface area contributed by atoms with Gasteiger partial charge in [0.15, 0.2) is 11.5 Å². The molecule has 4 nitrogen and oxygen atoms in total. The van der Waals surface area contributed by atoms with Crippen molar-refractivity contribution in [2.45, 2.75) is 25.8 Å². The second kappa shape index (κ2) is 5.90. The Balaban J connectivity index is 1.78. The number of hydrogen-bond acceptors (Lipinski definition) is 4. The maximum absolute atomic E-state index is 5.71. The Morgan fingerprint density at radius 2 is 2.00 bits per heavy atom. The van der Waals surface area contributed by atoms with Crippen LogP contribution in [-0.2, 0) is 0 Å². The summed E-state index contributed by atoms with van der Waals surface area (Å²) in [6, 6.07) is 10.0. The van der Waals surface area contributed by atoms with E-state index in [9.17, 15) is 0 Å². The topological polar surface area (TPSA) is 43.6 Å². The van der Waals surface area contributed by atoms with E-state index in [1.807, 2.05) is 30.3 Å². The number of anilines is 1. The number of benzene rings is 1. The molecular weight excluding hydrogens is 254 g/mol. The van der Waals surface area contributed by atoms with Crippen LogP contribution < -0.4 is 14.8 Å². The van der Waals surface area contributed by atoms with Gasteiger partial charge in [0.25, 0.3) is 0 Å². The fourth-order valence-corrected chi connectivity index (χ4v) is 2.32. The van der Waals surface area contributed by atoms with Crippen molar-refractivity contribution in [2.75, 3.05) is 18.5 Å². The van der Waals surface area contributed by atoms with Crippen LogP contribution in [0.5, 0.6) is 11.5 Å². The lowest BCUT2D eigenvalue weighted by Gasteiger charge is -2.17. The highest BCUT2D eigenvalue weighted by molar-refractivity contribution is 5.55. The summed E-state index contributed by atoms with van der Waals surface area (Å²) >= 11 is 0. The first-order valence-corrected chi connectivity index (χ1v) is 7.06. The van der Waals surface area contributed by atoms with Gasteiger partial charge >= 0.3 is 0 Å². The number of hydrogen-bond donors (Lipinski definition) is 1. The van der Waals surface area contributed by atoms with E-state index in [0.717, 1.165) is 35.8 Å². The molecule has 0 amide bonds. The minimum atomic E-state index is 0.162. The SMILES string of the molecule is CCC(Nc1ccc2c(c1)OCCCO2)c1ccco1. The van der Waals surface area contributed by atoms with E-state index in [0.29, 0.717) is 13.2 Å². The number of rotatable bonds is 4. The van der Waals surface area contributed by atoms with Gasteiger partial charge < -0.3 is 19.2 Å². The van der Waals surface area contributed by atoms with Crippen molar-refractivity contribution in [2.24, 2.45) is 0 Å². The van der Waals surface area contributed by atoms with E-state index in [1.165, 1.54) is 0 Å². The van der Waals surface area contributed by atoms with Crippen molar-refractivity contribution in [3.8, 4) is 11.5 Å². The Hall–Kier alpha value is -2.10. The minimum Gasteiger partial charge on any atom is -0.490 e. The maximum Gasteiger partial charge on any atom is 0.163 e. The third kappa shape index (κ3) is 2.74. The average Bonchev–Trinajstić information content (AvgIpc) is 2.90. The van der Waals surface area contributed by atoms with Crippen molar-refractivity contribution in [3.63, 3.8) is 0 Å². The van der Waals surface area contributed by atoms with Crippen LogP contribution >= 0.6 is 0 Å². The Bertz CT molecular complexity index is 551. The second-order valence-electron chi connectivity index (χ2n) is 4.83. The smallest absolute Gasteiger partial charge is 0.163 e. The van der Waals surface area contributed by atoms with Crippen LogP contribution in [0.3, 0.4) is 0 Å². The normalized spacial score (nSPS) is 15.4. The molecule has 106 valence electrons. The molecule has 2 heterocycles. The average molecular weight is 273 g/mol. The molecule has 1 unspecified atom stereocenters. The van der Waals surface area contributed by atoms with Crippen LogP contribution in [-0.4, -0.2) is 13.2 Å². The van der Waals surface area contributed by atoms with Crippen molar-refractivity contribution in [1.29, 1.82) is 0 Å². The predicted molar refractivity (Wildman–Crippen MR) is 77.4 cm³/mol. The van der Waals surface area contributed by atoms with Gasteiger partial charge in [-0.15, -0.1) is 0 Å². The van der Waals surface area contributed by atoms with Crippen LogP contribution in [0, 0.1) is 0 Å². The van der Waals surface area contributed by atoms with E-state index in [-0.39, 0.29) is 6.04 Å². The van der Waals surface area contributed by atoms with E-state index in [4.69, 9.17) is 13.9 Å². The van der Waals surface area contributed by atoms with Gasteiger partial charge in [0.05, 0.1) is 25.5 Å². The van der Waals surface area contributed by atoms with Crippen LogP contribution in [0.2, 0.25) is 0 Å². The van der Waals surface area contributed by atoms with E-state index in [1.54, 1.807) is 6.26 Å². The summed E-state index contributed by atoms with van der Waals surface area (Å²) < 4.78 is 16.8. The van der Waals surface area contributed by atoms with Gasteiger partial charge in [-0.1, -0.05) is 6.92 Å². The fraction of sp³-hybridized carbons (Fsp3) is 0.375. The zero-order valence-electron chi connectivity index (χ0n) is 11.6. The van der Waals surface area contributed by atoms with Gasteiger partial charge in [-0.05, 0) is 30.7 Å². The summed E-state index contributed by atoms with van der Waals surface area (Å²) in [5.41, 5.74) is 1.01. The van der Waals surface area contributed by atoms with Crippen molar-refractivity contribution >= 4 is 5.69 Å². The minimum absolute atomic E-state index is 0.162. The first-order valence-electron chi connectivity index (χ1n) is 7.06. The summed E-state index contributed by atoms with van der Waals surface area (Å²) in [6.45, 7) is 3.54. The summed E-state index contributed by atoms with van der Waals surface area (Å²) in [5.74, 6) is 2.57. The first-order chi connectivity index (χ1) is 9.86. The molecule has 0 spiro atoms. The van der Waals surface area contributed by atoms with Gasteiger partial charge in [-0.3, -0.25) is 0 Å². The molecule has 1 aromatic heterocycles. The van der Waals surface area contributed by atoms with Crippen molar-refractivity contribution in [1.82, 2.24) is 0 Å². The maximum atomic E-state index is 5.71. The molecule has 0 radical (unpaired) electrons. The van der Waals surface area contributed by atoms with Crippen LogP contribution in [0.25, 0.3) is 0 Å². The van der Waals surface area contributed by atoms with Crippen molar-refractivity contribution in [3.05, 3.63) is 42.4 Å². The Morgan fingerprint density at radius 1 is 1.15 bits per heavy atom. The highest BCUT2D eigenvalue weighted by Crippen LogP contribution is 2.34. The lowest BCUT2D eigenvalue weighted by Crippen LogP contribution is -2.08. The summed E-state index contributed by atoms with van der Waals surface area (Å²) in [5, 5.41) is 3.47. The Labute approximate surface area is 118 Å². The molecule has 1 atom stereocenters. The lowest BCUT2D eigenvalue weighted by atomic mass is 10.1. The summed E-state index contributed by atoms with van der Waals surface area (Å²) in [7, 11) is 0. The number of fused-ring (bicyclic) bond motifs is 1. The molecule has 0 aliphatic carbocycles. The fourth-order valence-electron chi connectivity index (χ4n) is 2.32. The third-order valence-corrected chi connectivity index (χ3v) is 3.38. The van der Waals surface area contributed by atoms with E-state index < -0.39 is 0 Å². The van der Waals surface area contributed by atoms with Gasteiger partial charge in [0, 0.05) is 18.2 Å². The molecule has 3 rings (SSSR count). The third-order valence-electron chi connectivity index (χ3n) is 3.38. The Kier molecular flexibility index (Phi) is 3.81.